The van der Waals surface area contributed by atoms with Crippen molar-refractivity contribution in [3.8, 4) is 0 Å². The molecule has 0 spiro atoms. The van der Waals surface area contributed by atoms with Crippen LogP contribution in [0.5, 0.6) is 0 Å². The lowest BCUT2D eigenvalue weighted by Gasteiger charge is -2.23. The Kier molecular flexibility index (Phi) is 5.55. The third-order valence-corrected chi connectivity index (χ3v) is 3.25. The standard InChI is InChI=1S/C17H24N4/c1-4-10-15-19-16(18-5-2)13-17(20-15)21(6-3)14-11-8-7-9-12-14/h7-9,11-13H,4-6,10H2,1-3H3,(H,18,19,20). The van der Waals surface area contributed by atoms with Gasteiger partial charge >= 0.3 is 0 Å². The summed E-state index contributed by atoms with van der Waals surface area (Å²) < 4.78 is 0. The molecule has 1 aromatic heterocycles. The Labute approximate surface area is 127 Å². The Bertz CT molecular complexity index is 530. The molecule has 0 saturated heterocycles. The summed E-state index contributed by atoms with van der Waals surface area (Å²) >= 11 is 0. The first-order valence-corrected chi connectivity index (χ1v) is 7.72. The summed E-state index contributed by atoms with van der Waals surface area (Å²) in [5.74, 6) is 2.76. The van der Waals surface area contributed by atoms with E-state index in [4.69, 9.17) is 4.98 Å². The maximum absolute atomic E-state index is 4.73. The van der Waals surface area contributed by atoms with Crippen LogP contribution in [0.1, 0.15) is 33.0 Å². The molecule has 0 bridgehead atoms. The van der Waals surface area contributed by atoms with Crippen LogP contribution >= 0.6 is 0 Å². The van der Waals surface area contributed by atoms with E-state index in [0.29, 0.717) is 0 Å². The van der Waals surface area contributed by atoms with Crippen LogP contribution in [0, 0.1) is 0 Å². The maximum Gasteiger partial charge on any atom is 0.138 e. The number of nitrogens with one attached hydrogen (secondary N) is 1. The molecule has 4 heteroatoms. The summed E-state index contributed by atoms with van der Waals surface area (Å²) in [6, 6.07) is 12.4. The Morgan fingerprint density at radius 3 is 2.43 bits per heavy atom. The van der Waals surface area contributed by atoms with E-state index in [0.717, 1.165) is 49.1 Å². The van der Waals surface area contributed by atoms with Crippen molar-refractivity contribution in [1.82, 2.24) is 9.97 Å². The monoisotopic (exact) mass is 284 g/mol. The van der Waals surface area contributed by atoms with E-state index in [1.165, 1.54) is 0 Å². The molecule has 1 heterocycles. The summed E-state index contributed by atoms with van der Waals surface area (Å²) in [6.45, 7) is 8.10. The van der Waals surface area contributed by atoms with Crippen LogP contribution in [-0.4, -0.2) is 23.1 Å². The average Bonchev–Trinajstić information content (AvgIpc) is 2.50. The lowest BCUT2D eigenvalue weighted by molar-refractivity contribution is 0.825. The zero-order chi connectivity index (χ0) is 15.1. The number of aryl methyl sites for hydroxylation is 1. The first-order valence-electron chi connectivity index (χ1n) is 7.72. The lowest BCUT2D eigenvalue weighted by Crippen LogP contribution is -2.19. The second kappa shape index (κ2) is 7.62. The van der Waals surface area contributed by atoms with E-state index < -0.39 is 0 Å². The highest BCUT2D eigenvalue weighted by molar-refractivity contribution is 5.62. The van der Waals surface area contributed by atoms with E-state index >= 15 is 0 Å². The molecular formula is C17H24N4. The van der Waals surface area contributed by atoms with Gasteiger partial charge in [0.05, 0.1) is 0 Å². The maximum atomic E-state index is 4.73. The normalized spacial score (nSPS) is 10.4. The highest BCUT2D eigenvalue weighted by Crippen LogP contribution is 2.25. The molecule has 2 rings (SSSR count). The number of para-hydroxylation sites is 1. The summed E-state index contributed by atoms with van der Waals surface area (Å²) in [7, 11) is 0. The third kappa shape index (κ3) is 3.94. The smallest absolute Gasteiger partial charge is 0.138 e. The van der Waals surface area contributed by atoms with Crippen LogP contribution in [0.2, 0.25) is 0 Å². The van der Waals surface area contributed by atoms with Gasteiger partial charge in [0.2, 0.25) is 0 Å². The molecule has 0 atom stereocenters. The minimum Gasteiger partial charge on any atom is -0.370 e. The molecule has 0 fully saturated rings. The predicted molar refractivity (Wildman–Crippen MR) is 89.3 cm³/mol. The molecule has 21 heavy (non-hydrogen) atoms. The number of hydrogen-bond donors (Lipinski definition) is 1. The summed E-state index contributed by atoms with van der Waals surface area (Å²) in [5.41, 5.74) is 1.16. The van der Waals surface area contributed by atoms with E-state index in [1.54, 1.807) is 0 Å². The van der Waals surface area contributed by atoms with Crippen LogP contribution in [0.3, 0.4) is 0 Å². The van der Waals surface area contributed by atoms with Crippen molar-refractivity contribution in [3.63, 3.8) is 0 Å². The molecule has 1 N–H and O–H groups in total. The molecule has 112 valence electrons. The highest BCUT2D eigenvalue weighted by Gasteiger charge is 2.11. The lowest BCUT2D eigenvalue weighted by atomic mass is 10.2. The fraction of sp³-hybridized carbons (Fsp3) is 0.412. The van der Waals surface area contributed by atoms with Gasteiger partial charge in [-0.3, -0.25) is 0 Å². The van der Waals surface area contributed by atoms with Gasteiger partial charge in [-0.1, -0.05) is 25.1 Å². The summed E-state index contributed by atoms with van der Waals surface area (Å²) in [5, 5.41) is 3.30. The van der Waals surface area contributed by atoms with E-state index in [2.05, 4.69) is 60.2 Å². The number of hydrogen-bond acceptors (Lipinski definition) is 4. The first-order chi connectivity index (χ1) is 10.3. The summed E-state index contributed by atoms with van der Waals surface area (Å²) in [4.78, 5) is 11.5. The number of nitrogens with zero attached hydrogens (tertiary/aromatic N) is 3. The number of rotatable bonds is 7. The van der Waals surface area contributed by atoms with Gasteiger partial charge in [-0.15, -0.1) is 0 Å². The van der Waals surface area contributed by atoms with Crippen molar-refractivity contribution in [3.05, 3.63) is 42.2 Å². The van der Waals surface area contributed by atoms with Crippen LogP contribution < -0.4 is 10.2 Å². The van der Waals surface area contributed by atoms with E-state index in [9.17, 15) is 0 Å². The van der Waals surface area contributed by atoms with Gasteiger partial charge in [-0.25, -0.2) is 9.97 Å². The molecule has 0 aliphatic heterocycles. The molecule has 0 aliphatic rings. The van der Waals surface area contributed by atoms with Crippen molar-refractivity contribution < 1.29 is 0 Å². The second-order valence-corrected chi connectivity index (χ2v) is 4.89. The quantitative estimate of drug-likeness (QED) is 0.833. The van der Waals surface area contributed by atoms with Gasteiger partial charge in [-0.2, -0.15) is 0 Å². The number of anilines is 3. The molecule has 0 unspecified atom stereocenters. The SMILES string of the molecule is CCCc1nc(NCC)cc(N(CC)c2ccccc2)n1. The molecule has 4 nitrogen and oxygen atoms in total. The van der Waals surface area contributed by atoms with Crippen LogP contribution in [-0.2, 0) is 6.42 Å². The van der Waals surface area contributed by atoms with E-state index in [1.807, 2.05) is 12.1 Å². The molecule has 0 radical (unpaired) electrons. The Morgan fingerprint density at radius 1 is 1.05 bits per heavy atom. The van der Waals surface area contributed by atoms with Gasteiger partial charge in [0.1, 0.15) is 17.5 Å². The fourth-order valence-corrected chi connectivity index (χ4v) is 2.31. The van der Waals surface area contributed by atoms with Gasteiger partial charge in [-0.05, 0) is 32.4 Å². The Morgan fingerprint density at radius 2 is 1.81 bits per heavy atom. The second-order valence-electron chi connectivity index (χ2n) is 4.89. The molecule has 0 amide bonds. The molecular weight excluding hydrogens is 260 g/mol. The van der Waals surface area contributed by atoms with Crippen LogP contribution in [0.15, 0.2) is 36.4 Å². The zero-order valence-electron chi connectivity index (χ0n) is 13.1. The highest BCUT2D eigenvalue weighted by atomic mass is 15.2. The number of benzene rings is 1. The minimum absolute atomic E-state index is 0.861. The number of aromatic nitrogens is 2. The van der Waals surface area contributed by atoms with Crippen molar-refractivity contribution in [1.29, 1.82) is 0 Å². The Balaban J connectivity index is 2.39. The van der Waals surface area contributed by atoms with Crippen molar-refractivity contribution >= 4 is 17.3 Å². The Hall–Kier alpha value is -2.10. The van der Waals surface area contributed by atoms with Crippen molar-refractivity contribution in [2.45, 2.75) is 33.6 Å². The van der Waals surface area contributed by atoms with Crippen molar-refractivity contribution in [2.24, 2.45) is 0 Å². The molecule has 1 aromatic carbocycles. The van der Waals surface area contributed by atoms with Crippen molar-refractivity contribution in [2.75, 3.05) is 23.3 Å². The van der Waals surface area contributed by atoms with Crippen LogP contribution in [0.25, 0.3) is 0 Å². The molecule has 2 aromatic rings. The van der Waals surface area contributed by atoms with Gasteiger partial charge < -0.3 is 10.2 Å². The molecule has 0 saturated carbocycles. The van der Waals surface area contributed by atoms with Gasteiger partial charge in [0, 0.05) is 31.3 Å². The predicted octanol–water partition coefficient (Wildman–Crippen LogP) is 4.02. The average molecular weight is 284 g/mol. The largest absolute Gasteiger partial charge is 0.370 e. The zero-order valence-corrected chi connectivity index (χ0v) is 13.1. The fourth-order valence-electron chi connectivity index (χ4n) is 2.31. The summed E-state index contributed by atoms with van der Waals surface area (Å²) in [6.07, 6.45) is 1.95. The molecule has 0 aliphatic carbocycles. The topological polar surface area (TPSA) is 41.1 Å². The third-order valence-electron chi connectivity index (χ3n) is 3.25. The van der Waals surface area contributed by atoms with E-state index in [-0.39, 0.29) is 0 Å². The van der Waals surface area contributed by atoms with Crippen LogP contribution in [0.4, 0.5) is 17.3 Å². The van der Waals surface area contributed by atoms with Gasteiger partial charge in [0.25, 0.3) is 0 Å². The van der Waals surface area contributed by atoms with Gasteiger partial charge in [0.15, 0.2) is 0 Å². The first kappa shape index (κ1) is 15.3. The minimum atomic E-state index is 0.861.